The number of halogens is 1. The van der Waals surface area contributed by atoms with E-state index >= 15 is 0 Å². The Morgan fingerprint density at radius 2 is 2.08 bits per heavy atom. The van der Waals surface area contributed by atoms with E-state index in [2.05, 4.69) is 4.72 Å². The molecule has 72 valence electrons. The normalized spacial score (nSPS) is 21.8. The lowest BCUT2D eigenvalue weighted by molar-refractivity contribution is 0.214. The first-order chi connectivity index (χ1) is 5.54. The molecule has 0 aliphatic heterocycles. The lowest BCUT2D eigenvalue weighted by Crippen LogP contribution is -2.53. The summed E-state index contributed by atoms with van der Waals surface area (Å²) in [6.07, 6.45) is 3.85. The number of rotatable bonds is 4. The predicted molar refractivity (Wildman–Crippen MR) is 49.6 cm³/mol. The van der Waals surface area contributed by atoms with Gasteiger partial charge < -0.3 is 0 Å². The van der Waals surface area contributed by atoms with Crippen LogP contribution in [-0.4, -0.2) is 19.2 Å². The van der Waals surface area contributed by atoms with E-state index in [4.69, 9.17) is 11.6 Å². The molecule has 1 saturated carbocycles. The van der Waals surface area contributed by atoms with Crippen molar-refractivity contribution in [3.05, 3.63) is 0 Å². The maximum atomic E-state index is 11.1. The van der Waals surface area contributed by atoms with Gasteiger partial charge in [-0.1, -0.05) is 6.92 Å². The first kappa shape index (κ1) is 10.3. The van der Waals surface area contributed by atoms with Crippen LogP contribution >= 0.6 is 11.6 Å². The zero-order chi connectivity index (χ0) is 9.24. The highest BCUT2D eigenvalue weighted by Crippen LogP contribution is 2.35. The molecule has 3 nitrogen and oxygen atoms in total. The molecule has 0 bridgehead atoms. The lowest BCUT2D eigenvalue weighted by Gasteiger charge is -2.41. The van der Waals surface area contributed by atoms with Crippen LogP contribution < -0.4 is 4.72 Å². The standard InChI is InChI=1S/C7H14ClNO2S/c1-2-7(4-3-5-7)9-12(10,11)6-8/h9H,2-6H2,1H3. The Morgan fingerprint density at radius 1 is 1.50 bits per heavy atom. The molecule has 1 aliphatic carbocycles. The first-order valence-electron chi connectivity index (χ1n) is 4.11. The van der Waals surface area contributed by atoms with E-state index in [1.54, 1.807) is 0 Å². The van der Waals surface area contributed by atoms with Crippen LogP contribution in [-0.2, 0) is 10.0 Å². The van der Waals surface area contributed by atoms with Gasteiger partial charge >= 0.3 is 0 Å². The predicted octanol–water partition coefficient (Wildman–Crippen LogP) is 1.43. The fraction of sp³-hybridized carbons (Fsp3) is 1.00. The zero-order valence-electron chi connectivity index (χ0n) is 7.14. The van der Waals surface area contributed by atoms with Crippen LogP contribution in [0.2, 0.25) is 0 Å². The largest absolute Gasteiger partial charge is 0.226 e. The molecule has 1 rings (SSSR count). The second kappa shape index (κ2) is 3.52. The van der Waals surface area contributed by atoms with Gasteiger partial charge in [0, 0.05) is 5.54 Å². The van der Waals surface area contributed by atoms with Gasteiger partial charge in [-0.3, -0.25) is 0 Å². The summed E-state index contributed by atoms with van der Waals surface area (Å²) in [6, 6.07) is 0. The summed E-state index contributed by atoms with van der Waals surface area (Å²) in [5.74, 6) is 0. The van der Waals surface area contributed by atoms with E-state index < -0.39 is 10.0 Å². The summed E-state index contributed by atoms with van der Waals surface area (Å²) < 4.78 is 24.9. The molecule has 1 fully saturated rings. The summed E-state index contributed by atoms with van der Waals surface area (Å²) in [4.78, 5) is 0. The van der Waals surface area contributed by atoms with Gasteiger partial charge in [0.15, 0.2) is 0 Å². The Hall–Kier alpha value is 0.200. The fourth-order valence-electron chi connectivity index (χ4n) is 1.49. The third-order valence-electron chi connectivity index (χ3n) is 2.50. The molecule has 0 spiro atoms. The van der Waals surface area contributed by atoms with Crippen LogP contribution in [0.4, 0.5) is 0 Å². The van der Waals surface area contributed by atoms with Crippen LogP contribution in [0.15, 0.2) is 0 Å². The van der Waals surface area contributed by atoms with E-state index in [1.165, 1.54) is 0 Å². The van der Waals surface area contributed by atoms with Crippen molar-refractivity contribution in [3.8, 4) is 0 Å². The molecule has 0 aromatic carbocycles. The SMILES string of the molecule is CCC1(NS(=O)(=O)CCl)CCC1. The highest BCUT2D eigenvalue weighted by atomic mass is 35.5. The Balaban J connectivity index is 2.60. The molecule has 0 aromatic rings. The number of hydrogen-bond acceptors (Lipinski definition) is 2. The molecule has 0 aromatic heterocycles. The molecule has 1 N–H and O–H groups in total. The lowest BCUT2D eigenvalue weighted by atomic mass is 9.76. The van der Waals surface area contributed by atoms with Crippen molar-refractivity contribution in [1.82, 2.24) is 4.72 Å². The van der Waals surface area contributed by atoms with Gasteiger partial charge in [-0.25, -0.2) is 13.1 Å². The van der Waals surface area contributed by atoms with E-state index in [-0.39, 0.29) is 10.8 Å². The van der Waals surface area contributed by atoms with Crippen LogP contribution in [0.25, 0.3) is 0 Å². The minimum absolute atomic E-state index is 0.173. The topological polar surface area (TPSA) is 46.2 Å². The molecule has 0 saturated heterocycles. The first-order valence-corrected chi connectivity index (χ1v) is 6.30. The van der Waals surface area contributed by atoms with Gasteiger partial charge in [0.1, 0.15) is 5.21 Å². The Kier molecular flexibility index (Phi) is 3.01. The number of sulfonamides is 1. The van der Waals surface area contributed by atoms with Crippen molar-refractivity contribution in [3.63, 3.8) is 0 Å². The van der Waals surface area contributed by atoms with Gasteiger partial charge in [0.25, 0.3) is 0 Å². The molecule has 0 unspecified atom stereocenters. The van der Waals surface area contributed by atoms with Crippen molar-refractivity contribution < 1.29 is 8.42 Å². The minimum Gasteiger partial charge on any atom is -0.211 e. The Labute approximate surface area is 78.5 Å². The van der Waals surface area contributed by atoms with E-state index in [0.29, 0.717) is 0 Å². The Morgan fingerprint density at radius 3 is 2.33 bits per heavy atom. The van der Waals surface area contributed by atoms with Crippen LogP contribution in [0.1, 0.15) is 32.6 Å². The van der Waals surface area contributed by atoms with Crippen molar-refractivity contribution in [1.29, 1.82) is 0 Å². The van der Waals surface area contributed by atoms with Crippen molar-refractivity contribution in [2.24, 2.45) is 0 Å². The maximum absolute atomic E-state index is 11.1. The zero-order valence-corrected chi connectivity index (χ0v) is 8.71. The van der Waals surface area contributed by atoms with Crippen molar-refractivity contribution in [2.45, 2.75) is 38.1 Å². The number of nitrogens with one attached hydrogen (secondary N) is 1. The Bertz CT molecular complexity index is 241. The summed E-state index contributed by atoms with van der Waals surface area (Å²) in [6.45, 7) is 2.00. The average molecular weight is 212 g/mol. The summed E-state index contributed by atoms with van der Waals surface area (Å²) >= 11 is 5.29. The van der Waals surface area contributed by atoms with E-state index in [0.717, 1.165) is 25.7 Å². The average Bonchev–Trinajstić information content (AvgIpc) is 1.97. The third-order valence-corrected chi connectivity index (χ3v) is 4.40. The quantitative estimate of drug-likeness (QED) is 0.716. The maximum Gasteiger partial charge on any atom is 0.226 e. The van der Waals surface area contributed by atoms with Gasteiger partial charge in [-0.15, -0.1) is 11.6 Å². The monoisotopic (exact) mass is 211 g/mol. The van der Waals surface area contributed by atoms with Gasteiger partial charge in [-0.2, -0.15) is 0 Å². The van der Waals surface area contributed by atoms with Crippen LogP contribution in [0, 0.1) is 0 Å². The second-order valence-electron chi connectivity index (χ2n) is 3.31. The van der Waals surface area contributed by atoms with Gasteiger partial charge in [-0.05, 0) is 25.7 Å². The minimum atomic E-state index is -3.23. The molecule has 0 heterocycles. The molecule has 5 heteroatoms. The second-order valence-corrected chi connectivity index (χ2v) is 5.62. The highest BCUT2D eigenvalue weighted by molar-refractivity contribution is 7.90. The van der Waals surface area contributed by atoms with Crippen molar-refractivity contribution >= 4 is 21.6 Å². The molecule has 12 heavy (non-hydrogen) atoms. The summed E-state index contributed by atoms with van der Waals surface area (Å²) in [5, 5.41) is -0.339. The molecular weight excluding hydrogens is 198 g/mol. The smallest absolute Gasteiger partial charge is 0.211 e. The van der Waals surface area contributed by atoms with Gasteiger partial charge in [0.05, 0.1) is 0 Å². The van der Waals surface area contributed by atoms with Crippen LogP contribution in [0.3, 0.4) is 0 Å². The molecule has 0 atom stereocenters. The molecule has 1 aliphatic rings. The summed E-state index contributed by atoms with van der Waals surface area (Å²) in [5.41, 5.74) is -0.173. The van der Waals surface area contributed by atoms with Crippen LogP contribution in [0.5, 0.6) is 0 Å². The highest BCUT2D eigenvalue weighted by Gasteiger charge is 2.38. The summed E-state index contributed by atoms with van der Waals surface area (Å²) in [7, 11) is -3.23. The van der Waals surface area contributed by atoms with Gasteiger partial charge in [0.2, 0.25) is 10.0 Å². The third kappa shape index (κ3) is 2.12. The molecular formula is C7H14ClNO2S. The van der Waals surface area contributed by atoms with E-state index in [9.17, 15) is 8.42 Å². The molecule has 0 radical (unpaired) electrons. The van der Waals surface area contributed by atoms with Crippen molar-refractivity contribution in [2.75, 3.05) is 5.21 Å². The molecule has 0 amide bonds. The number of hydrogen-bond donors (Lipinski definition) is 1. The number of alkyl halides is 1. The fourth-order valence-corrected chi connectivity index (χ4v) is 2.71. The van der Waals surface area contributed by atoms with E-state index in [1.807, 2.05) is 6.92 Å².